The Morgan fingerprint density at radius 2 is 1.94 bits per heavy atom. The molecule has 5 rings (SSSR count). The van der Waals surface area contributed by atoms with Crippen molar-refractivity contribution in [2.45, 2.75) is 0 Å². The van der Waals surface area contributed by atoms with Gasteiger partial charge in [-0.1, -0.05) is 24.3 Å². The van der Waals surface area contributed by atoms with Gasteiger partial charge in [-0.3, -0.25) is 5.10 Å². The van der Waals surface area contributed by atoms with Crippen molar-refractivity contribution < 1.29 is 9.18 Å². The summed E-state index contributed by atoms with van der Waals surface area (Å²) in [6.45, 7) is 3.05. The zero-order chi connectivity index (χ0) is 21.4. The number of aromatic amines is 2. The van der Waals surface area contributed by atoms with Crippen LogP contribution in [0.15, 0.2) is 48.7 Å². The summed E-state index contributed by atoms with van der Waals surface area (Å²) in [5.74, 6) is 0.222. The lowest BCUT2D eigenvalue weighted by Crippen LogP contribution is -2.48. The van der Waals surface area contributed by atoms with E-state index in [1.807, 2.05) is 31.3 Å². The molecule has 8 nitrogen and oxygen atoms in total. The van der Waals surface area contributed by atoms with Gasteiger partial charge in [0.15, 0.2) is 11.5 Å². The van der Waals surface area contributed by atoms with Crippen LogP contribution in [0.3, 0.4) is 0 Å². The van der Waals surface area contributed by atoms with Crippen molar-refractivity contribution in [3.8, 4) is 22.6 Å². The number of rotatable bonds is 3. The largest absolute Gasteiger partial charge is 0.336 e. The van der Waals surface area contributed by atoms with Crippen LogP contribution in [-0.4, -0.2) is 69.2 Å². The van der Waals surface area contributed by atoms with E-state index in [1.54, 1.807) is 17.2 Å². The number of carbonyl (C=O) groups excluding carboxylic acids is 1. The van der Waals surface area contributed by atoms with Crippen LogP contribution in [0.4, 0.5) is 14.9 Å². The van der Waals surface area contributed by atoms with Crippen molar-refractivity contribution in [1.82, 2.24) is 30.0 Å². The van der Waals surface area contributed by atoms with Gasteiger partial charge in [0.1, 0.15) is 5.82 Å². The van der Waals surface area contributed by atoms with E-state index >= 15 is 0 Å². The highest BCUT2D eigenvalue weighted by Crippen LogP contribution is 2.31. The summed E-state index contributed by atoms with van der Waals surface area (Å²) in [6.07, 6.45) is 1.64. The summed E-state index contributed by atoms with van der Waals surface area (Å²) < 4.78 is 13.7. The first kappa shape index (κ1) is 19.3. The lowest BCUT2D eigenvalue weighted by Gasteiger charge is -2.32. The number of halogens is 1. The van der Waals surface area contributed by atoms with Crippen molar-refractivity contribution in [2.75, 3.05) is 38.5 Å². The molecule has 9 heteroatoms. The third-order valence-electron chi connectivity index (χ3n) is 5.55. The van der Waals surface area contributed by atoms with Crippen LogP contribution in [0.25, 0.3) is 33.7 Å². The first-order valence-corrected chi connectivity index (χ1v) is 10.1. The number of amides is 2. The van der Waals surface area contributed by atoms with Gasteiger partial charge in [0.25, 0.3) is 0 Å². The molecule has 2 aromatic carbocycles. The van der Waals surface area contributed by atoms with Crippen LogP contribution in [0.2, 0.25) is 0 Å². The predicted molar refractivity (Wildman–Crippen MR) is 117 cm³/mol. The molecule has 31 heavy (non-hydrogen) atoms. The lowest BCUT2D eigenvalue weighted by atomic mass is 10.0. The van der Waals surface area contributed by atoms with Gasteiger partial charge in [-0.2, -0.15) is 5.10 Å². The van der Waals surface area contributed by atoms with Crippen LogP contribution in [0, 0.1) is 5.82 Å². The van der Waals surface area contributed by atoms with Crippen LogP contribution >= 0.6 is 0 Å². The molecule has 158 valence electrons. The van der Waals surface area contributed by atoms with Crippen LogP contribution < -0.4 is 5.32 Å². The summed E-state index contributed by atoms with van der Waals surface area (Å²) in [7, 11) is 2.04. The molecule has 1 fully saturated rings. The van der Waals surface area contributed by atoms with Crippen molar-refractivity contribution in [3.63, 3.8) is 0 Å². The van der Waals surface area contributed by atoms with E-state index < -0.39 is 0 Å². The fourth-order valence-corrected chi connectivity index (χ4v) is 3.80. The molecule has 3 heterocycles. The zero-order valence-electron chi connectivity index (χ0n) is 17.0. The fraction of sp³-hybridized carbons (Fsp3) is 0.227. The third kappa shape index (κ3) is 3.75. The average molecular weight is 419 g/mol. The highest BCUT2D eigenvalue weighted by Gasteiger charge is 2.22. The molecule has 2 amide bonds. The molecule has 0 saturated carbocycles. The number of piperazine rings is 1. The van der Waals surface area contributed by atoms with Crippen LogP contribution in [-0.2, 0) is 0 Å². The highest BCUT2D eigenvalue weighted by molar-refractivity contribution is 5.96. The molecule has 0 atom stereocenters. The normalized spacial score (nSPS) is 14.8. The number of aromatic nitrogens is 4. The maximum atomic E-state index is 13.7. The second-order valence-corrected chi connectivity index (χ2v) is 7.67. The Hall–Kier alpha value is -3.72. The summed E-state index contributed by atoms with van der Waals surface area (Å²) in [5, 5.41) is 10.0. The second-order valence-electron chi connectivity index (χ2n) is 7.67. The van der Waals surface area contributed by atoms with Gasteiger partial charge < -0.3 is 20.1 Å². The van der Waals surface area contributed by atoms with Crippen LogP contribution in [0.1, 0.15) is 0 Å². The summed E-state index contributed by atoms with van der Waals surface area (Å²) in [6, 6.07) is 12.0. The number of fused-ring (bicyclic) bond motifs is 1. The van der Waals surface area contributed by atoms with E-state index in [4.69, 9.17) is 4.98 Å². The quantitative estimate of drug-likeness (QED) is 0.474. The van der Waals surface area contributed by atoms with Crippen molar-refractivity contribution in [3.05, 3.63) is 54.5 Å². The minimum Gasteiger partial charge on any atom is -0.336 e. The van der Waals surface area contributed by atoms with Crippen molar-refractivity contribution >= 4 is 22.8 Å². The van der Waals surface area contributed by atoms with Crippen LogP contribution in [0.5, 0.6) is 0 Å². The predicted octanol–water partition coefficient (Wildman–Crippen LogP) is 3.54. The van der Waals surface area contributed by atoms with Gasteiger partial charge in [0.2, 0.25) is 0 Å². The first-order chi connectivity index (χ1) is 15.1. The van der Waals surface area contributed by atoms with Gasteiger partial charge in [-0.05, 0) is 30.8 Å². The van der Waals surface area contributed by atoms with E-state index in [0.717, 1.165) is 29.7 Å². The van der Waals surface area contributed by atoms with Gasteiger partial charge in [-0.25, -0.2) is 14.2 Å². The molecule has 3 N–H and O–H groups in total. The van der Waals surface area contributed by atoms with Gasteiger partial charge in [-0.15, -0.1) is 0 Å². The molecule has 1 aliphatic heterocycles. The molecule has 1 saturated heterocycles. The maximum Gasteiger partial charge on any atom is 0.322 e. The number of H-pyrrole nitrogens is 2. The monoisotopic (exact) mass is 419 g/mol. The Labute approximate surface area is 178 Å². The Morgan fingerprint density at radius 3 is 2.74 bits per heavy atom. The molecule has 0 unspecified atom stereocenters. The summed E-state index contributed by atoms with van der Waals surface area (Å²) in [4.78, 5) is 24.7. The number of hydrogen-bond acceptors (Lipinski definition) is 4. The third-order valence-corrected chi connectivity index (χ3v) is 5.55. The zero-order valence-corrected chi connectivity index (χ0v) is 17.0. The maximum absolute atomic E-state index is 13.7. The van der Waals surface area contributed by atoms with E-state index in [-0.39, 0.29) is 11.8 Å². The fourth-order valence-electron chi connectivity index (χ4n) is 3.80. The number of anilines is 1. The Morgan fingerprint density at radius 1 is 1.13 bits per heavy atom. The molecule has 0 bridgehead atoms. The minimum atomic E-state index is -0.300. The van der Waals surface area contributed by atoms with Crippen molar-refractivity contribution in [1.29, 1.82) is 0 Å². The summed E-state index contributed by atoms with van der Waals surface area (Å²) >= 11 is 0. The molecule has 4 aromatic rings. The van der Waals surface area contributed by atoms with E-state index in [9.17, 15) is 9.18 Å². The molecule has 2 aromatic heterocycles. The minimum absolute atomic E-state index is 0.160. The number of carbonyl (C=O) groups is 1. The number of hydrogen-bond donors (Lipinski definition) is 3. The molecule has 0 aliphatic carbocycles. The number of para-hydroxylation sites is 1. The molecule has 0 radical (unpaired) electrons. The van der Waals surface area contributed by atoms with Gasteiger partial charge >= 0.3 is 6.03 Å². The standard InChI is InChI=1S/C22H22FN7O/c1-29-8-10-30(11-9-29)22(31)26-18-13-24-28-20(18)21-25-17-7-3-6-16(19(17)27-21)14-4-2-5-15(23)12-14/h2-7,12-13H,8-11H2,1H3,(H,24,28)(H,25,27)(H,26,31). The van der Waals surface area contributed by atoms with E-state index in [0.29, 0.717) is 35.8 Å². The Bertz CT molecular complexity index is 1240. The number of nitrogens with zero attached hydrogens (tertiary/aromatic N) is 4. The number of likely N-dealkylation sites (N-methyl/N-ethyl adjacent to an activating group) is 1. The SMILES string of the molecule is CN1CCN(C(=O)Nc2c[nH]nc2-c2nc3c(-c4cccc(F)c4)cccc3[nH]2)CC1. The second kappa shape index (κ2) is 7.84. The summed E-state index contributed by atoms with van der Waals surface area (Å²) in [5.41, 5.74) is 4.14. The average Bonchev–Trinajstić information content (AvgIpc) is 3.40. The van der Waals surface area contributed by atoms with Crippen molar-refractivity contribution in [2.24, 2.45) is 0 Å². The molecular formula is C22H22FN7O. The molecule has 1 aliphatic rings. The molecular weight excluding hydrogens is 397 g/mol. The Balaban J connectivity index is 1.45. The number of urea groups is 1. The highest BCUT2D eigenvalue weighted by atomic mass is 19.1. The van der Waals surface area contributed by atoms with E-state index in [2.05, 4.69) is 25.4 Å². The topological polar surface area (TPSA) is 92.9 Å². The Kier molecular flexibility index (Phi) is 4.87. The number of nitrogens with one attached hydrogen (secondary N) is 3. The van der Waals surface area contributed by atoms with Gasteiger partial charge in [0, 0.05) is 37.9 Å². The van der Waals surface area contributed by atoms with Gasteiger partial charge in [0.05, 0.1) is 16.7 Å². The number of imidazole rings is 1. The van der Waals surface area contributed by atoms with E-state index in [1.165, 1.54) is 12.1 Å². The molecule has 0 spiro atoms. The number of benzene rings is 2. The smallest absolute Gasteiger partial charge is 0.322 e. The first-order valence-electron chi connectivity index (χ1n) is 10.1. The lowest BCUT2D eigenvalue weighted by molar-refractivity contribution is 0.164.